The molecule has 1 aromatic heterocycles. The third-order valence-electron chi connectivity index (χ3n) is 2.21. The van der Waals surface area contributed by atoms with E-state index in [1.807, 2.05) is 13.8 Å². The fourth-order valence-corrected chi connectivity index (χ4v) is 2.32. The van der Waals surface area contributed by atoms with Crippen LogP contribution in [0.2, 0.25) is 0 Å². The van der Waals surface area contributed by atoms with Crippen molar-refractivity contribution in [1.82, 2.24) is 9.97 Å². The molecular formula is C10H18N4OS. The molecule has 0 aliphatic rings. The molecule has 6 heteroatoms. The summed E-state index contributed by atoms with van der Waals surface area (Å²) >= 11 is 1.63. The Morgan fingerprint density at radius 1 is 1.56 bits per heavy atom. The molecule has 1 rings (SSSR count). The fraction of sp³-hybridized carbons (Fsp3) is 0.600. The van der Waals surface area contributed by atoms with Gasteiger partial charge in [0, 0.05) is 17.9 Å². The average Bonchev–Trinajstić information content (AvgIpc) is 2.34. The molecular weight excluding hydrogens is 224 g/mol. The van der Waals surface area contributed by atoms with Gasteiger partial charge in [0.25, 0.3) is 0 Å². The number of hydrogen-bond acceptors (Lipinski definition) is 6. The molecule has 4 N–H and O–H groups in total. The van der Waals surface area contributed by atoms with Gasteiger partial charge in [-0.05, 0) is 12.3 Å². The summed E-state index contributed by atoms with van der Waals surface area (Å²) in [7, 11) is 0. The number of nitrogens with two attached hydrogens (primary N) is 1. The number of nitrogens with zero attached hydrogens (tertiary/aromatic N) is 2. The molecule has 0 saturated carbocycles. The number of aliphatic hydroxyl groups excluding tert-OH is 1. The van der Waals surface area contributed by atoms with E-state index in [9.17, 15) is 0 Å². The number of nitrogens with one attached hydrogen (secondary N) is 1. The van der Waals surface area contributed by atoms with Crippen LogP contribution in [0, 0.1) is 5.92 Å². The summed E-state index contributed by atoms with van der Waals surface area (Å²) in [6, 6.07) is 0. The third-order valence-corrected chi connectivity index (χ3v) is 3.57. The van der Waals surface area contributed by atoms with Gasteiger partial charge >= 0.3 is 0 Å². The SMILES string of the molecule is CCc1c(NN)ncnc1SCC(C)CO. The lowest BCUT2D eigenvalue weighted by Crippen LogP contribution is -2.12. The van der Waals surface area contributed by atoms with Crippen molar-refractivity contribution >= 4 is 17.6 Å². The van der Waals surface area contributed by atoms with Gasteiger partial charge in [-0.25, -0.2) is 15.8 Å². The van der Waals surface area contributed by atoms with Crippen LogP contribution in [-0.2, 0) is 6.42 Å². The maximum Gasteiger partial charge on any atom is 0.147 e. The lowest BCUT2D eigenvalue weighted by molar-refractivity contribution is 0.250. The zero-order chi connectivity index (χ0) is 12.0. The Hall–Kier alpha value is -0.850. The maximum atomic E-state index is 8.96. The van der Waals surface area contributed by atoms with E-state index < -0.39 is 0 Å². The molecule has 0 saturated heterocycles. The first-order valence-electron chi connectivity index (χ1n) is 5.27. The number of aliphatic hydroxyl groups is 1. The van der Waals surface area contributed by atoms with Crippen LogP contribution in [0.5, 0.6) is 0 Å². The van der Waals surface area contributed by atoms with Crippen molar-refractivity contribution in [2.75, 3.05) is 17.8 Å². The zero-order valence-electron chi connectivity index (χ0n) is 9.60. The minimum atomic E-state index is 0.196. The summed E-state index contributed by atoms with van der Waals surface area (Å²) in [6.07, 6.45) is 2.33. The molecule has 0 amide bonds. The topological polar surface area (TPSA) is 84.1 Å². The Morgan fingerprint density at radius 3 is 2.88 bits per heavy atom. The first-order chi connectivity index (χ1) is 7.72. The monoisotopic (exact) mass is 242 g/mol. The van der Waals surface area contributed by atoms with Gasteiger partial charge in [-0.15, -0.1) is 11.8 Å². The second-order valence-electron chi connectivity index (χ2n) is 3.60. The Balaban J connectivity index is 2.78. The second kappa shape index (κ2) is 6.67. The zero-order valence-corrected chi connectivity index (χ0v) is 10.4. The quantitative estimate of drug-likeness (QED) is 0.299. The Morgan fingerprint density at radius 2 is 2.31 bits per heavy atom. The van der Waals surface area contributed by atoms with Crippen molar-refractivity contribution in [1.29, 1.82) is 0 Å². The molecule has 0 aromatic carbocycles. The van der Waals surface area contributed by atoms with Crippen molar-refractivity contribution < 1.29 is 5.11 Å². The fourth-order valence-electron chi connectivity index (χ4n) is 1.24. The number of aromatic nitrogens is 2. The summed E-state index contributed by atoms with van der Waals surface area (Å²) in [4.78, 5) is 8.31. The van der Waals surface area contributed by atoms with Gasteiger partial charge in [-0.2, -0.15) is 0 Å². The van der Waals surface area contributed by atoms with E-state index in [4.69, 9.17) is 10.9 Å². The highest BCUT2D eigenvalue weighted by atomic mass is 32.2. The molecule has 0 radical (unpaired) electrons. The van der Waals surface area contributed by atoms with Crippen molar-refractivity contribution in [3.63, 3.8) is 0 Å². The van der Waals surface area contributed by atoms with Crippen LogP contribution in [0.4, 0.5) is 5.82 Å². The minimum absolute atomic E-state index is 0.196. The summed E-state index contributed by atoms with van der Waals surface area (Å²) in [6.45, 7) is 4.24. The second-order valence-corrected chi connectivity index (χ2v) is 4.61. The summed E-state index contributed by atoms with van der Waals surface area (Å²) < 4.78 is 0. The molecule has 16 heavy (non-hydrogen) atoms. The van der Waals surface area contributed by atoms with Gasteiger partial charge in [0.1, 0.15) is 17.2 Å². The van der Waals surface area contributed by atoms with Crippen molar-refractivity contribution in [2.45, 2.75) is 25.3 Å². The molecule has 1 atom stereocenters. The smallest absolute Gasteiger partial charge is 0.147 e. The number of hydrogen-bond donors (Lipinski definition) is 3. The molecule has 5 nitrogen and oxygen atoms in total. The van der Waals surface area contributed by atoms with Crippen LogP contribution in [0.25, 0.3) is 0 Å². The van der Waals surface area contributed by atoms with Gasteiger partial charge in [0.15, 0.2) is 0 Å². The molecule has 1 heterocycles. The first kappa shape index (κ1) is 13.2. The number of thioether (sulfide) groups is 1. The Labute approximate surface area is 99.8 Å². The molecule has 0 spiro atoms. The molecule has 1 unspecified atom stereocenters. The summed E-state index contributed by atoms with van der Waals surface area (Å²) in [5.74, 6) is 7.17. The van der Waals surface area contributed by atoms with Crippen LogP contribution in [0.3, 0.4) is 0 Å². The minimum Gasteiger partial charge on any atom is -0.396 e. The van der Waals surface area contributed by atoms with Gasteiger partial charge in [0.2, 0.25) is 0 Å². The van der Waals surface area contributed by atoms with Crippen LogP contribution >= 0.6 is 11.8 Å². The van der Waals surface area contributed by atoms with E-state index in [2.05, 4.69) is 15.4 Å². The Bertz CT molecular complexity index is 335. The maximum absolute atomic E-state index is 8.96. The number of rotatable bonds is 6. The van der Waals surface area contributed by atoms with Crippen LogP contribution < -0.4 is 11.3 Å². The van der Waals surface area contributed by atoms with Gasteiger partial charge in [-0.1, -0.05) is 13.8 Å². The van der Waals surface area contributed by atoms with Crippen LogP contribution in [0.15, 0.2) is 11.4 Å². The average molecular weight is 242 g/mol. The standard InChI is InChI=1S/C10H18N4OS/c1-3-8-9(14-11)12-6-13-10(8)16-5-7(2)4-15/h6-7,15H,3-5,11H2,1-2H3,(H,12,13,14). The van der Waals surface area contributed by atoms with E-state index >= 15 is 0 Å². The highest BCUT2D eigenvalue weighted by molar-refractivity contribution is 7.99. The van der Waals surface area contributed by atoms with Crippen LogP contribution in [-0.4, -0.2) is 27.4 Å². The van der Waals surface area contributed by atoms with Gasteiger partial charge < -0.3 is 10.5 Å². The largest absolute Gasteiger partial charge is 0.396 e. The van der Waals surface area contributed by atoms with Crippen molar-refractivity contribution in [3.05, 3.63) is 11.9 Å². The van der Waals surface area contributed by atoms with Gasteiger partial charge in [-0.3, -0.25) is 0 Å². The lowest BCUT2D eigenvalue weighted by Gasteiger charge is -2.11. The summed E-state index contributed by atoms with van der Waals surface area (Å²) in [5, 5.41) is 9.90. The number of nitrogen functional groups attached to an aromatic ring is 1. The van der Waals surface area contributed by atoms with Crippen molar-refractivity contribution in [3.8, 4) is 0 Å². The molecule has 0 aliphatic carbocycles. The van der Waals surface area contributed by atoms with E-state index in [-0.39, 0.29) is 12.5 Å². The van der Waals surface area contributed by atoms with E-state index in [0.717, 1.165) is 22.8 Å². The number of anilines is 1. The van der Waals surface area contributed by atoms with E-state index in [1.54, 1.807) is 11.8 Å². The van der Waals surface area contributed by atoms with Gasteiger partial charge in [0.05, 0.1) is 0 Å². The van der Waals surface area contributed by atoms with E-state index in [0.29, 0.717) is 5.82 Å². The molecule has 0 aliphatic heterocycles. The number of hydrazine groups is 1. The highest BCUT2D eigenvalue weighted by Gasteiger charge is 2.10. The molecule has 90 valence electrons. The first-order valence-corrected chi connectivity index (χ1v) is 6.25. The highest BCUT2D eigenvalue weighted by Crippen LogP contribution is 2.26. The lowest BCUT2D eigenvalue weighted by atomic mass is 10.2. The predicted molar refractivity (Wildman–Crippen MR) is 66.2 cm³/mol. The molecule has 0 bridgehead atoms. The molecule has 0 fully saturated rings. The summed E-state index contributed by atoms with van der Waals surface area (Å²) in [5.41, 5.74) is 3.60. The Kier molecular flexibility index (Phi) is 5.51. The van der Waals surface area contributed by atoms with Crippen molar-refractivity contribution in [2.24, 2.45) is 11.8 Å². The van der Waals surface area contributed by atoms with Crippen LogP contribution in [0.1, 0.15) is 19.4 Å². The molecule has 1 aromatic rings. The third kappa shape index (κ3) is 3.33. The van der Waals surface area contributed by atoms with E-state index in [1.165, 1.54) is 6.33 Å². The predicted octanol–water partition coefficient (Wildman–Crippen LogP) is 1.05. The normalized spacial score (nSPS) is 12.5.